The molecule has 1 fully saturated rings. The number of primary amides is 1. The molecule has 0 atom stereocenters. The predicted octanol–water partition coefficient (Wildman–Crippen LogP) is 2.02. The van der Waals surface area contributed by atoms with Crippen LogP contribution in [0.4, 0.5) is 17.5 Å². The number of carbonyl (C=O) groups excluding carboxylic acids is 1. The Hall–Kier alpha value is -3.49. The van der Waals surface area contributed by atoms with Gasteiger partial charge >= 0.3 is 0 Å². The summed E-state index contributed by atoms with van der Waals surface area (Å²) in [5.74, 6) is 1.43. The number of benzene rings is 1. The molecule has 2 aromatic heterocycles. The monoisotopic (exact) mass is 378 g/mol. The highest BCUT2D eigenvalue weighted by Gasteiger charge is 2.27. The third-order valence-corrected chi connectivity index (χ3v) is 4.49. The Morgan fingerprint density at radius 3 is 2.96 bits per heavy atom. The van der Waals surface area contributed by atoms with E-state index in [0.717, 1.165) is 35.5 Å². The van der Waals surface area contributed by atoms with Crippen LogP contribution in [0.5, 0.6) is 0 Å². The molecule has 1 aliphatic rings. The number of hydrogen-bond donors (Lipinski definition) is 3. The highest BCUT2D eigenvalue weighted by molar-refractivity contribution is 5.74. The molecule has 28 heavy (non-hydrogen) atoms. The second kappa shape index (κ2) is 8.03. The summed E-state index contributed by atoms with van der Waals surface area (Å²) in [5.41, 5.74) is 8.30. The Kier molecular flexibility index (Phi) is 5.14. The standard InChI is InChI=1S/C19H22N8O/c20-17(28)6-7-22-18-16(14-4-5-14)9-23-19(26-18)25-15-3-1-2-13(8-15)10-27-12-21-11-24-27/h1-3,8-9,11-12,14H,4-7,10H2,(H2,20,28)(H2,22,23,25,26). The molecule has 4 rings (SSSR count). The van der Waals surface area contributed by atoms with Gasteiger partial charge in [0.05, 0.1) is 6.54 Å². The zero-order valence-electron chi connectivity index (χ0n) is 15.4. The number of nitrogens with two attached hydrogens (primary N) is 1. The average Bonchev–Trinajstić information content (AvgIpc) is 3.39. The van der Waals surface area contributed by atoms with Crippen molar-refractivity contribution in [2.24, 2.45) is 5.73 Å². The number of nitrogens with zero attached hydrogens (tertiary/aromatic N) is 5. The topological polar surface area (TPSA) is 124 Å². The average molecular weight is 378 g/mol. The molecule has 0 aliphatic heterocycles. The quantitative estimate of drug-likeness (QED) is 0.520. The first-order valence-electron chi connectivity index (χ1n) is 9.25. The van der Waals surface area contributed by atoms with Crippen LogP contribution >= 0.6 is 0 Å². The molecule has 0 unspecified atom stereocenters. The van der Waals surface area contributed by atoms with E-state index in [1.165, 1.54) is 6.33 Å². The van der Waals surface area contributed by atoms with Gasteiger partial charge in [0, 0.05) is 30.4 Å². The lowest BCUT2D eigenvalue weighted by Gasteiger charge is -2.13. The third-order valence-electron chi connectivity index (χ3n) is 4.49. The largest absolute Gasteiger partial charge is 0.370 e. The number of amides is 1. The number of rotatable bonds is 9. The van der Waals surface area contributed by atoms with Gasteiger partial charge in [-0.2, -0.15) is 10.1 Å². The Morgan fingerprint density at radius 1 is 1.32 bits per heavy atom. The number of hydrogen-bond acceptors (Lipinski definition) is 7. The van der Waals surface area contributed by atoms with Crippen LogP contribution < -0.4 is 16.4 Å². The highest BCUT2D eigenvalue weighted by Crippen LogP contribution is 2.42. The SMILES string of the molecule is NC(=O)CCNc1nc(Nc2cccc(Cn3cncn3)c2)ncc1C1CC1. The van der Waals surface area contributed by atoms with Crippen molar-refractivity contribution >= 4 is 23.4 Å². The predicted molar refractivity (Wildman–Crippen MR) is 105 cm³/mol. The summed E-state index contributed by atoms with van der Waals surface area (Å²) in [6, 6.07) is 7.99. The van der Waals surface area contributed by atoms with Gasteiger partial charge in [-0.05, 0) is 36.5 Å². The van der Waals surface area contributed by atoms with Crippen LogP contribution in [0.15, 0.2) is 43.1 Å². The second-order valence-corrected chi connectivity index (χ2v) is 6.83. The van der Waals surface area contributed by atoms with Gasteiger partial charge in [-0.1, -0.05) is 12.1 Å². The first-order chi connectivity index (χ1) is 13.7. The van der Waals surface area contributed by atoms with Gasteiger partial charge in [-0.15, -0.1) is 0 Å². The summed E-state index contributed by atoms with van der Waals surface area (Å²) >= 11 is 0. The van der Waals surface area contributed by atoms with E-state index in [2.05, 4.69) is 30.7 Å². The lowest BCUT2D eigenvalue weighted by atomic mass is 10.2. The Labute approximate surface area is 162 Å². The van der Waals surface area contributed by atoms with E-state index in [0.29, 0.717) is 25.0 Å². The van der Waals surface area contributed by atoms with E-state index in [-0.39, 0.29) is 12.3 Å². The van der Waals surface area contributed by atoms with Crippen molar-refractivity contribution in [1.82, 2.24) is 24.7 Å². The lowest BCUT2D eigenvalue weighted by molar-refractivity contribution is -0.117. The van der Waals surface area contributed by atoms with Crippen LogP contribution in [-0.4, -0.2) is 37.2 Å². The lowest BCUT2D eigenvalue weighted by Crippen LogP contribution is -2.17. The molecule has 9 heteroatoms. The van der Waals surface area contributed by atoms with E-state index >= 15 is 0 Å². The number of aromatic nitrogens is 5. The summed E-state index contributed by atoms with van der Waals surface area (Å²) in [5, 5.41) is 10.6. The van der Waals surface area contributed by atoms with Crippen molar-refractivity contribution in [2.75, 3.05) is 17.2 Å². The van der Waals surface area contributed by atoms with Gasteiger partial charge < -0.3 is 16.4 Å². The molecule has 9 nitrogen and oxygen atoms in total. The molecular weight excluding hydrogens is 356 g/mol. The van der Waals surface area contributed by atoms with Gasteiger partial charge in [0.25, 0.3) is 0 Å². The maximum Gasteiger partial charge on any atom is 0.229 e. The van der Waals surface area contributed by atoms with Crippen LogP contribution in [0, 0.1) is 0 Å². The molecule has 1 aliphatic carbocycles. The fourth-order valence-electron chi connectivity index (χ4n) is 2.97. The zero-order chi connectivity index (χ0) is 19.3. The van der Waals surface area contributed by atoms with Gasteiger partial charge in [0.1, 0.15) is 18.5 Å². The number of anilines is 3. The fraction of sp³-hybridized carbons (Fsp3) is 0.316. The van der Waals surface area contributed by atoms with Crippen molar-refractivity contribution in [1.29, 1.82) is 0 Å². The van der Waals surface area contributed by atoms with E-state index in [9.17, 15) is 4.79 Å². The Bertz CT molecular complexity index is 952. The summed E-state index contributed by atoms with van der Waals surface area (Å²) < 4.78 is 1.76. The molecule has 4 N–H and O–H groups in total. The minimum Gasteiger partial charge on any atom is -0.370 e. The van der Waals surface area contributed by atoms with Gasteiger partial charge in [-0.25, -0.2) is 14.6 Å². The molecule has 1 saturated carbocycles. The zero-order valence-corrected chi connectivity index (χ0v) is 15.4. The van der Waals surface area contributed by atoms with Gasteiger partial charge in [0.15, 0.2) is 0 Å². The van der Waals surface area contributed by atoms with Crippen LogP contribution in [0.3, 0.4) is 0 Å². The highest BCUT2D eigenvalue weighted by atomic mass is 16.1. The van der Waals surface area contributed by atoms with Crippen molar-refractivity contribution in [2.45, 2.75) is 31.7 Å². The van der Waals surface area contributed by atoms with E-state index < -0.39 is 0 Å². The maximum absolute atomic E-state index is 11.0. The molecule has 2 heterocycles. The number of carbonyl (C=O) groups is 1. The summed E-state index contributed by atoms with van der Waals surface area (Å²) in [6.45, 7) is 1.09. The van der Waals surface area contributed by atoms with Crippen molar-refractivity contribution in [3.8, 4) is 0 Å². The second-order valence-electron chi connectivity index (χ2n) is 6.83. The van der Waals surface area contributed by atoms with E-state index in [1.807, 2.05) is 30.5 Å². The van der Waals surface area contributed by atoms with Crippen molar-refractivity contribution in [3.63, 3.8) is 0 Å². The van der Waals surface area contributed by atoms with Crippen molar-refractivity contribution < 1.29 is 4.79 Å². The van der Waals surface area contributed by atoms with E-state index in [4.69, 9.17) is 5.73 Å². The third kappa shape index (κ3) is 4.61. The molecule has 3 aromatic rings. The molecule has 144 valence electrons. The van der Waals surface area contributed by atoms with Crippen LogP contribution in [0.25, 0.3) is 0 Å². The minimum atomic E-state index is -0.336. The molecule has 1 amide bonds. The summed E-state index contributed by atoms with van der Waals surface area (Å²) in [6.07, 6.45) is 7.62. The summed E-state index contributed by atoms with van der Waals surface area (Å²) in [4.78, 5) is 24.0. The summed E-state index contributed by atoms with van der Waals surface area (Å²) in [7, 11) is 0. The molecule has 1 aromatic carbocycles. The van der Waals surface area contributed by atoms with Gasteiger partial charge in [0.2, 0.25) is 11.9 Å². The molecule has 0 saturated heterocycles. The Morgan fingerprint density at radius 2 is 2.21 bits per heavy atom. The molecular formula is C19H22N8O. The van der Waals surface area contributed by atoms with Crippen molar-refractivity contribution in [3.05, 3.63) is 54.2 Å². The molecule has 0 radical (unpaired) electrons. The normalized spacial score (nSPS) is 13.3. The number of nitrogens with one attached hydrogen (secondary N) is 2. The molecule has 0 spiro atoms. The fourth-order valence-corrected chi connectivity index (χ4v) is 2.97. The van der Waals surface area contributed by atoms with Crippen LogP contribution in [-0.2, 0) is 11.3 Å². The molecule has 0 bridgehead atoms. The first-order valence-corrected chi connectivity index (χ1v) is 9.25. The Balaban J connectivity index is 1.48. The van der Waals surface area contributed by atoms with E-state index in [1.54, 1.807) is 11.0 Å². The van der Waals surface area contributed by atoms with Gasteiger partial charge in [-0.3, -0.25) is 4.79 Å². The first kappa shape index (κ1) is 17.9. The van der Waals surface area contributed by atoms with Crippen LogP contribution in [0.1, 0.15) is 36.3 Å². The minimum absolute atomic E-state index is 0.265. The maximum atomic E-state index is 11.0. The van der Waals surface area contributed by atoms with Crippen LogP contribution in [0.2, 0.25) is 0 Å². The smallest absolute Gasteiger partial charge is 0.229 e.